The number of Topliss-reactive ketones (excluding diaryl/α,β-unsaturated/α-hetero) is 1. The molecule has 0 amide bonds. The van der Waals surface area contributed by atoms with Crippen molar-refractivity contribution in [1.29, 1.82) is 0 Å². The molecule has 0 heterocycles. The molecule has 0 aromatic heterocycles. The van der Waals surface area contributed by atoms with E-state index >= 15 is 0 Å². The van der Waals surface area contributed by atoms with E-state index in [9.17, 15) is 9.59 Å². The second kappa shape index (κ2) is 8.80. The van der Waals surface area contributed by atoms with Crippen LogP contribution in [0.4, 0.5) is 0 Å². The fraction of sp³-hybridized carbons (Fsp3) is 0.727. The van der Waals surface area contributed by atoms with Crippen molar-refractivity contribution in [2.75, 3.05) is 7.11 Å². The number of ketones is 1. The van der Waals surface area contributed by atoms with Gasteiger partial charge in [-0.3, -0.25) is 4.79 Å². The van der Waals surface area contributed by atoms with Gasteiger partial charge >= 0.3 is 11.7 Å². The Labute approximate surface area is 95.4 Å². The summed E-state index contributed by atoms with van der Waals surface area (Å²) >= 11 is 0. The monoisotopic (exact) mass is 226 g/mol. The van der Waals surface area contributed by atoms with E-state index in [1.165, 1.54) is 7.11 Å². The maximum absolute atomic E-state index is 11.3. The average Bonchev–Trinajstić information content (AvgIpc) is 2.31. The molecule has 0 aliphatic heterocycles. The summed E-state index contributed by atoms with van der Waals surface area (Å²) in [7, 11) is 1.22. The smallest absolute Gasteiger partial charge is 0.416 e. The third-order valence-electron chi connectivity index (χ3n) is 2.22. The molecule has 0 spiro atoms. The minimum Gasteiger partial charge on any atom is -0.460 e. The summed E-state index contributed by atoms with van der Waals surface area (Å²) in [6.45, 7) is 2.03. The van der Waals surface area contributed by atoms with Crippen LogP contribution in [-0.2, 0) is 14.3 Å². The molecular weight excluding hydrogens is 208 g/mol. The molecule has 0 aromatic rings. The molecule has 0 atom stereocenters. The van der Waals surface area contributed by atoms with Crippen LogP contribution in [-0.4, -0.2) is 29.4 Å². The van der Waals surface area contributed by atoms with E-state index in [2.05, 4.69) is 9.53 Å². The van der Waals surface area contributed by atoms with Gasteiger partial charge in [-0.1, -0.05) is 13.3 Å². The van der Waals surface area contributed by atoms with Crippen molar-refractivity contribution in [3.63, 3.8) is 0 Å². The first-order chi connectivity index (χ1) is 7.65. The van der Waals surface area contributed by atoms with Crippen LogP contribution in [0.1, 0.15) is 45.4 Å². The van der Waals surface area contributed by atoms with Crippen molar-refractivity contribution >= 4 is 17.5 Å². The Balaban J connectivity index is 3.84. The molecule has 0 bridgehead atoms. The number of unbranched alkanes of at least 4 members (excludes halogenated alkanes) is 1. The molecule has 0 saturated heterocycles. The fourth-order valence-corrected chi connectivity index (χ4v) is 1.26. The number of ether oxygens (including phenoxy) is 1. The number of nitrogens with zero attached hydrogens (tertiary/aromatic N) is 2. The van der Waals surface area contributed by atoms with Gasteiger partial charge in [0, 0.05) is 12.8 Å². The van der Waals surface area contributed by atoms with E-state index in [1.807, 2.05) is 6.92 Å². The first-order valence-corrected chi connectivity index (χ1v) is 5.46. The molecule has 0 fully saturated rings. The Bertz CT molecular complexity index is 294. The lowest BCUT2D eigenvalue weighted by Gasteiger charge is -1.98. The van der Waals surface area contributed by atoms with E-state index in [0.29, 0.717) is 19.3 Å². The molecule has 5 heteroatoms. The first-order valence-electron chi connectivity index (χ1n) is 5.46. The molecule has 0 aliphatic rings. The third kappa shape index (κ3) is 6.09. The van der Waals surface area contributed by atoms with Crippen LogP contribution >= 0.6 is 0 Å². The lowest BCUT2D eigenvalue weighted by molar-refractivity contribution is -0.137. The van der Waals surface area contributed by atoms with Crippen LogP contribution < -0.4 is 0 Å². The molecule has 0 saturated carbocycles. The largest absolute Gasteiger partial charge is 0.460 e. The van der Waals surface area contributed by atoms with Gasteiger partial charge in [0.05, 0.1) is 13.5 Å². The van der Waals surface area contributed by atoms with Gasteiger partial charge in [-0.25, -0.2) is 4.79 Å². The molecule has 0 radical (unpaired) electrons. The summed E-state index contributed by atoms with van der Waals surface area (Å²) in [5, 5.41) is 0. The molecule has 5 nitrogen and oxygen atoms in total. The summed E-state index contributed by atoms with van der Waals surface area (Å²) < 4.78 is 4.41. The number of methoxy groups -OCH3 is 1. The van der Waals surface area contributed by atoms with E-state index in [0.717, 1.165) is 12.8 Å². The molecule has 0 unspecified atom stereocenters. The Morgan fingerprint density at radius 3 is 2.31 bits per heavy atom. The zero-order valence-corrected chi connectivity index (χ0v) is 9.86. The topological polar surface area (TPSA) is 79.8 Å². The number of carbonyl (C=O) groups excluding carboxylic acids is 2. The van der Waals surface area contributed by atoms with Crippen LogP contribution in [0.5, 0.6) is 0 Å². The zero-order chi connectivity index (χ0) is 12.4. The highest BCUT2D eigenvalue weighted by Crippen LogP contribution is 2.04. The SMILES string of the molecule is CCCCC(=O)CCCC(=[N+]=[N-])C(=O)OC. The third-order valence-corrected chi connectivity index (χ3v) is 2.22. The maximum atomic E-state index is 11.3. The van der Waals surface area contributed by atoms with Gasteiger partial charge in [-0.05, 0) is 12.8 Å². The highest BCUT2D eigenvalue weighted by molar-refractivity contribution is 6.33. The van der Waals surface area contributed by atoms with Gasteiger partial charge in [0.2, 0.25) is 0 Å². The molecule has 0 N–H and O–H groups in total. The van der Waals surface area contributed by atoms with E-state index in [-0.39, 0.29) is 17.9 Å². The minimum atomic E-state index is -0.650. The zero-order valence-electron chi connectivity index (χ0n) is 9.86. The van der Waals surface area contributed by atoms with Gasteiger partial charge in [-0.15, -0.1) is 0 Å². The van der Waals surface area contributed by atoms with Gasteiger partial charge in [-0.2, -0.15) is 4.79 Å². The van der Waals surface area contributed by atoms with Crippen LogP contribution in [0.3, 0.4) is 0 Å². The van der Waals surface area contributed by atoms with Crippen LogP contribution in [0.25, 0.3) is 5.53 Å². The maximum Gasteiger partial charge on any atom is 0.416 e. The first kappa shape index (κ1) is 14.5. The summed E-state index contributed by atoms with van der Waals surface area (Å²) in [5.41, 5.74) is 8.50. The quantitative estimate of drug-likeness (QED) is 0.274. The van der Waals surface area contributed by atoms with Gasteiger partial charge < -0.3 is 10.3 Å². The summed E-state index contributed by atoms with van der Waals surface area (Å²) in [5.74, 6) is -0.465. The van der Waals surface area contributed by atoms with Gasteiger partial charge in [0.1, 0.15) is 5.78 Å². The van der Waals surface area contributed by atoms with Crippen LogP contribution in [0.2, 0.25) is 0 Å². The Morgan fingerprint density at radius 1 is 1.19 bits per heavy atom. The molecule has 16 heavy (non-hydrogen) atoms. The highest BCUT2D eigenvalue weighted by Gasteiger charge is 2.20. The van der Waals surface area contributed by atoms with Crippen LogP contribution in [0.15, 0.2) is 0 Å². The van der Waals surface area contributed by atoms with E-state index < -0.39 is 5.97 Å². The van der Waals surface area contributed by atoms with Crippen molar-refractivity contribution in [3.05, 3.63) is 5.53 Å². The number of esters is 1. The molecular formula is C11H18N2O3. The average molecular weight is 226 g/mol. The second-order valence-corrected chi connectivity index (χ2v) is 3.53. The van der Waals surface area contributed by atoms with Gasteiger partial charge in [0.15, 0.2) is 0 Å². The normalized spacial score (nSPS) is 9.38. The minimum absolute atomic E-state index is 0.0363. The molecule has 0 rings (SSSR count). The van der Waals surface area contributed by atoms with Crippen molar-refractivity contribution < 1.29 is 19.1 Å². The number of hydrogen-bond donors (Lipinski definition) is 0. The number of rotatable bonds is 8. The lowest BCUT2D eigenvalue weighted by atomic mass is 10.1. The predicted octanol–water partition coefficient (Wildman–Crippen LogP) is 1.76. The van der Waals surface area contributed by atoms with E-state index in [1.54, 1.807) is 0 Å². The Kier molecular flexibility index (Phi) is 7.98. The highest BCUT2D eigenvalue weighted by atomic mass is 16.5. The van der Waals surface area contributed by atoms with Crippen molar-refractivity contribution in [2.24, 2.45) is 0 Å². The van der Waals surface area contributed by atoms with Crippen LogP contribution in [0, 0.1) is 0 Å². The number of hydrogen-bond acceptors (Lipinski definition) is 3. The second-order valence-electron chi connectivity index (χ2n) is 3.53. The Hall–Kier alpha value is -1.48. The summed E-state index contributed by atoms with van der Waals surface area (Å²) in [6, 6.07) is 0. The molecule has 0 aliphatic carbocycles. The standard InChI is InChI=1S/C11H18N2O3/c1-3-4-6-9(14)7-5-8-10(13-12)11(15)16-2/h3-8H2,1-2H3. The van der Waals surface area contributed by atoms with Crippen molar-refractivity contribution in [1.82, 2.24) is 0 Å². The van der Waals surface area contributed by atoms with Gasteiger partial charge in [0.25, 0.3) is 0 Å². The Morgan fingerprint density at radius 2 is 1.81 bits per heavy atom. The van der Waals surface area contributed by atoms with E-state index in [4.69, 9.17) is 5.53 Å². The molecule has 0 aromatic carbocycles. The molecule has 90 valence electrons. The van der Waals surface area contributed by atoms with Crippen molar-refractivity contribution in [3.8, 4) is 0 Å². The number of carbonyl (C=O) groups is 2. The van der Waals surface area contributed by atoms with Crippen molar-refractivity contribution in [2.45, 2.75) is 45.4 Å². The predicted molar refractivity (Wildman–Crippen MR) is 59.0 cm³/mol. The summed E-state index contributed by atoms with van der Waals surface area (Å²) in [4.78, 5) is 25.1. The fourth-order valence-electron chi connectivity index (χ4n) is 1.26. The lowest BCUT2D eigenvalue weighted by Crippen LogP contribution is -2.17. The summed E-state index contributed by atoms with van der Waals surface area (Å²) in [6.07, 6.45) is 3.67.